The SMILES string of the molecule is BC(O)(O)c1cc(F)ccc1Oc1cc(C(F)(F)F)ccc1C(=O)Nc1ccn(COP(O)O)c(=O)c1. The highest BCUT2D eigenvalue weighted by atomic mass is 31.2. The van der Waals surface area contributed by atoms with Crippen LogP contribution in [-0.2, 0) is 23.1 Å². The Bertz CT molecular complexity index is 1360. The number of benzene rings is 2. The first-order valence-corrected chi connectivity index (χ1v) is 11.3. The van der Waals surface area contributed by atoms with Gasteiger partial charge in [-0.05, 0) is 42.5 Å². The highest BCUT2D eigenvalue weighted by Gasteiger charge is 2.33. The summed E-state index contributed by atoms with van der Waals surface area (Å²) in [6, 6.07) is 6.65. The Morgan fingerprint density at radius 1 is 1.05 bits per heavy atom. The van der Waals surface area contributed by atoms with Gasteiger partial charge in [0.1, 0.15) is 29.7 Å². The van der Waals surface area contributed by atoms with E-state index in [9.17, 15) is 37.4 Å². The minimum absolute atomic E-state index is 0.0619. The molecule has 196 valence electrons. The molecule has 0 radical (unpaired) electrons. The number of pyridine rings is 1. The number of aliphatic hydroxyl groups is 2. The van der Waals surface area contributed by atoms with Crippen LogP contribution in [0.4, 0.5) is 23.2 Å². The second-order valence-corrected chi connectivity index (χ2v) is 8.42. The first-order chi connectivity index (χ1) is 17.1. The Morgan fingerprint density at radius 3 is 2.35 bits per heavy atom. The van der Waals surface area contributed by atoms with Crippen molar-refractivity contribution in [2.45, 2.75) is 18.6 Å². The van der Waals surface area contributed by atoms with Crippen LogP contribution in [0.15, 0.2) is 59.5 Å². The van der Waals surface area contributed by atoms with Crippen molar-refractivity contribution >= 4 is 28.0 Å². The van der Waals surface area contributed by atoms with Gasteiger partial charge in [0.05, 0.1) is 11.1 Å². The molecule has 2 aromatic carbocycles. The molecule has 3 aromatic rings. The van der Waals surface area contributed by atoms with Gasteiger partial charge in [0.15, 0.2) is 7.85 Å². The van der Waals surface area contributed by atoms with Gasteiger partial charge in [-0.1, -0.05) is 0 Å². The molecule has 5 N–H and O–H groups in total. The first-order valence-electron chi connectivity index (χ1n) is 10.1. The highest BCUT2D eigenvalue weighted by Crippen LogP contribution is 2.37. The van der Waals surface area contributed by atoms with E-state index in [-0.39, 0.29) is 5.69 Å². The van der Waals surface area contributed by atoms with Crippen molar-refractivity contribution < 1.29 is 51.6 Å². The van der Waals surface area contributed by atoms with Crippen molar-refractivity contribution in [3.63, 3.8) is 0 Å². The second kappa shape index (κ2) is 11.0. The van der Waals surface area contributed by atoms with E-state index in [1.165, 1.54) is 6.07 Å². The van der Waals surface area contributed by atoms with E-state index >= 15 is 0 Å². The Balaban J connectivity index is 1.98. The minimum Gasteiger partial charge on any atom is -0.456 e. The maximum atomic E-state index is 13.7. The zero-order valence-corrected chi connectivity index (χ0v) is 19.6. The number of anilines is 1. The van der Waals surface area contributed by atoms with Crippen LogP contribution in [0.3, 0.4) is 0 Å². The molecule has 0 saturated heterocycles. The van der Waals surface area contributed by atoms with Crippen molar-refractivity contribution in [2.24, 2.45) is 0 Å². The molecule has 1 amide bonds. The maximum absolute atomic E-state index is 13.7. The summed E-state index contributed by atoms with van der Waals surface area (Å²) in [5, 5.41) is 22.2. The van der Waals surface area contributed by atoms with Crippen molar-refractivity contribution in [1.82, 2.24) is 4.57 Å². The molecule has 0 aliphatic carbocycles. The van der Waals surface area contributed by atoms with Crippen LogP contribution < -0.4 is 15.6 Å². The lowest BCUT2D eigenvalue weighted by Crippen LogP contribution is -2.26. The van der Waals surface area contributed by atoms with Crippen LogP contribution in [0.25, 0.3) is 0 Å². The zero-order valence-electron chi connectivity index (χ0n) is 18.7. The smallest absolute Gasteiger partial charge is 0.416 e. The lowest BCUT2D eigenvalue weighted by molar-refractivity contribution is -0.137. The third-order valence-corrected chi connectivity index (χ3v) is 5.14. The van der Waals surface area contributed by atoms with Crippen LogP contribution in [-0.4, -0.2) is 38.3 Å². The molecule has 1 aromatic heterocycles. The van der Waals surface area contributed by atoms with Crippen LogP contribution >= 0.6 is 8.60 Å². The van der Waals surface area contributed by atoms with Gasteiger partial charge in [-0.2, -0.15) is 13.2 Å². The summed E-state index contributed by atoms with van der Waals surface area (Å²) < 4.78 is 64.6. The molecule has 0 bridgehead atoms. The number of ether oxygens (including phenoxy) is 1. The summed E-state index contributed by atoms with van der Waals surface area (Å²) >= 11 is 0. The average molecular weight is 544 g/mol. The number of nitrogens with one attached hydrogen (secondary N) is 1. The maximum Gasteiger partial charge on any atom is 0.416 e. The van der Waals surface area contributed by atoms with Gasteiger partial charge in [-0.3, -0.25) is 18.7 Å². The van der Waals surface area contributed by atoms with Crippen LogP contribution in [0, 0.1) is 5.82 Å². The van der Waals surface area contributed by atoms with Gasteiger partial charge < -0.3 is 30.1 Å². The number of rotatable bonds is 8. The molecular weight excluding hydrogens is 526 g/mol. The van der Waals surface area contributed by atoms with Gasteiger partial charge in [-0.25, -0.2) is 4.39 Å². The number of hydrogen-bond acceptors (Lipinski definition) is 8. The van der Waals surface area contributed by atoms with Crippen molar-refractivity contribution in [2.75, 3.05) is 5.32 Å². The molecular formula is C21H18BF4N2O8P. The number of aromatic nitrogens is 1. The van der Waals surface area contributed by atoms with Crippen LogP contribution in [0.2, 0.25) is 0 Å². The van der Waals surface area contributed by atoms with Crippen LogP contribution in [0.5, 0.6) is 11.5 Å². The second-order valence-electron chi connectivity index (χ2n) is 7.66. The predicted octanol–water partition coefficient (Wildman–Crippen LogP) is 1.96. The Labute approximate surface area is 207 Å². The van der Waals surface area contributed by atoms with E-state index < -0.39 is 72.7 Å². The Kier molecular flexibility index (Phi) is 8.37. The van der Waals surface area contributed by atoms with E-state index in [0.29, 0.717) is 18.2 Å². The molecule has 37 heavy (non-hydrogen) atoms. The fraction of sp³-hybridized carbons (Fsp3) is 0.143. The number of carbonyl (C=O) groups is 1. The number of halogens is 4. The predicted molar refractivity (Wildman–Crippen MR) is 124 cm³/mol. The summed E-state index contributed by atoms with van der Waals surface area (Å²) in [7, 11) is -1.83. The molecule has 0 aliphatic rings. The number of alkyl halides is 3. The molecule has 0 atom stereocenters. The quantitative estimate of drug-likeness (QED) is 0.125. The largest absolute Gasteiger partial charge is 0.456 e. The Morgan fingerprint density at radius 2 is 1.76 bits per heavy atom. The molecule has 0 saturated carbocycles. The Hall–Kier alpha value is -3.33. The van der Waals surface area contributed by atoms with Crippen molar-refractivity contribution in [3.05, 3.63) is 87.6 Å². The van der Waals surface area contributed by atoms with E-state index in [1.54, 1.807) is 0 Å². The summed E-state index contributed by atoms with van der Waals surface area (Å²) in [6.07, 6.45) is -3.66. The summed E-state index contributed by atoms with van der Waals surface area (Å²) in [5.41, 5.74) is -5.54. The molecule has 1 heterocycles. The first kappa shape index (κ1) is 28.2. The summed E-state index contributed by atoms with van der Waals surface area (Å²) in [5.74, 6) is -2.96. The van der Waals surface area contributed by atoms with E-state index in [4.69, 9.17) is 14.5 Å². The molecule has 0 aliphatic heterocycles. The molecule has 0 spiro atoms. The topological polar surface area (TPSA) is 150 Å². The third-order valence-electron chi connectivity index (χ3n) is 4.79. The molecule has 16 heteroatoms. The van der Waals surface area contributed by atoms with Gasteiger partial charge in [0, 0.05) is 23.5 Å². The lowest BCUT2D eigenvalue weighted by Gasteiger charge is -2.22. The fourth-order valence-corrected chi connectivity index (χ4v) is 3.28. The minimum atomic E-state index is -4.82. The number of amides is 1. The van der Waals surface area contributed by atoms with Crippen LogP contribution in [0.1, 0.15) is 21.5 Å². The molecule has 0 unspecified atom stereocenters. The number of hydrogen-bond donors (Lipinski definition) is 5. The van der Waals surface area contributed by atoms with E-state index in [1.807, 2.05) is 0 Å². The third kappa shape index (κ3) is 7.35. The summed E-state index contributed by atoms with van der Waals surface area (Å²) in [4.78, 5) is 42.6. The summed E-state index contributed by atoms with van der Waals surface area (Å²) in [6.45, 7) is -0.489. The lowest BCUT2D eigenvalue weighted by atomic mass is 9.87. The van der Waals surface area contributed by atoms with Gasteiger partial charge in [0.2, 0.25) is 0 Å². The van der Waals surface area contributed by atoms with Gasteiger partial charge in [0.25, 0.3) is 11.5 Å². The highest BCUT2D eigenvalue weighted by molar-refractivity contribution is 7.39. The standard InChI is InChI=1S/C21H18BF4N2O8P/c22-20(31,32)15-8-12(23)2-4-16(15)36-17-7-11(21(24,25)26)1-3-14(17)19(30)27-13-5-6-28(18(29)9-13)10-35-37(33)34/h1-9,31-34H,10,22H2,(H,27,30). The molecule has 0 fully saturated rings. The van der Waals surface area contributed by atoms with Gasteiger partial charge in [-0.15, -0.1) is 0 Å². The van der Waals surface area contributed by atoms with Crippen molar-refractivity contribution in [3.8, 4) is 11.5 Å². The van der Waals surface area contributed by atoms with Crippen molar-refractivity contribution in [1.29, 1.82) is 0 Å². The average Bonchev–Trinajstić information content (AvgIpc) is 2.78. The number of nitrogens with zero attached hydrogens (tertiary/aromatic N) is 1. The molecule has 10 nitrogen and oxygen atoms in total. The number of carbonyl (C=O) groups excluding carboxylic acids is 1. The van der Waals surface area contributed by atoms with E-state index in [2.05, 4.69) is 9.84 Å². The zero-order chi connectivity index (χ0) is 27.5. The fourth-order valence-electron chi connectivity index (χ4n) is 3.05. The molecule has 3 rings (SSSR count). The monoisotopic (exact) mass is 544 g/mol. The van der Waals surface area contributed by atoms with E-state index in [0.717, 1.165) is 42.9 Å². The normalized spacial score (nSPS) is 12.0. The van der Waals surface area contributed by atoms with Gasteiger partial charge >= 0.3 is 14.8 Å².